The molecule has 1 fully saturated rings. The Balaban J connectivity index is 1.46. The summed E-state index contributed by atoms with van der Waals surface area (Å²) in [5, 5.41) is 3.77. The Morgan fingerprint density at radius 1 is 1.17 bits per heavy atom. The van der Waals surface area contributed by atoms with Crippen molar-refractivity contribution in [2.45, 2.75) is 45.7 Å². The zero-order valence-corrected chi connectivity index (χ0v) is 21.4. The number of hydrogen-bond acceptors (Lipinski definition) is 4. The minimum absolute atomic E-state index is 0.00553. The van der Waals surface area contributed by atoms with Gasteiger partial charge in [-0.3, -0.25) is 9.59 Å². The van der Waals surface area contributed by atoms with Crippen LogP contribution in [0.15, 0.2) is 54.4 Å². The van der Waals surface area contributed by atoms with Crippen LogP contribution < -0.4 is 10.2 Å². The first-order valence-electron chi connectivity index (χ1n) is 12.7. The molecule has 0 aromatic heterocycles. The van der Waals surface area contributed by atoms with E-state index in [9.17, 15) is 9.59 Å². The minimum Gasteiger partial charge on any atom is -0.381 e. The van der Waals surface area contributed by atoms with E-state index in [0.29, 0.717) is 41.7 Å². The van der Waals surface area contributed by atoms with E-state index < -0.39 is 0 Å². The van der Waals surface area contributed by atoms with Crippen LogP contribution in [0.5, 0.6) is 0 Å². The first-order chi connectivity index (χ1) is 17.3. The highest BCUT2D eigenvalue weighted by Crippen LogP contribution is 2.48. The van der Waals surface area contributed by atoms with Gasteiger partial charge in [-0.05, 0) is 66.1 Å². The number of allylic oxidation sites excluding steroid dienone is 2. The second-order valence-corrected chi connectivity index (χ2v) is 10.9. The van der Waals surface area contributed by atoms with Gasteiger partial charge in [0, 0.05) is 42.0 Å². The molecule has 4 aliphatic rings. The maximum absolute atomic E-state index is 13.5. The SMILES string of the molecule is C=C(C1CCOCC1)N1/C(=C\C(C)C)C(=O)Nc2cc3c(cc21)C1Cc2cc(Cl)ccc2CN1C3=O. The highest BCUT2D eigenvalue weighted by atomic mass is 35.5. The van der Waals surface area contributed by atoms with Crippen LogP contribution in [0, 0.1) is 11.8 Å². The number of halogens is 1. The van der Waals surface area contributed by atoms with Gasteiger partial charge in [0.05, 0.1) is 17.4 Å². The topological polar surface area (TPSA) is 61.9 Å². The fourth-order valence-corrected chi connectivity index (χ4v) is 6.15. The molecular weight excluding hydrogens is 474 g/mol. The molecule has 2 aromatic carbocycles. The monoisotopic (exact) mass is 503 g/mol. The van der Waals surface area contributed by atoms with Crippen molar-refractivity contribution < 1.29 is 14.3 Å². The molecule has 36 heavy (non-hydrogen) atoms. The molecule has 1 atom stereocenters. The zero-order valence-electron chi connectivity index (χ0n) is 20.6. The molecule has 4 heterocycles. The smallest absolute Gasteiger partial charge is 0.272 e. The normalized spacial score (nSPS) is 22.3. The van der Waals surface area contributed by atoms with Crippen molar-refractivity contribution in [1.82, 2.24) is 4.90 Å². The first-order valence-corrected chi connectivity index (χ1v) is 13.1. The number of anilines is 2. The number of carbonyl (C=O) groups is 2. The summed E-state index contributed by atoms with van der Waals surface area (Å²) in [6.45, 7) is 10.5. The van der Waals surface area contributed by atoms with Crippen molar-refractivity contribution >= 4 is 34.8 Å². The quantitative estimate of drug-likeness (QED) is 0.535. The van der Waals surface area contributed by atoms with Crippen LogP contribution in [-0.2, 0) is 22.5 Å². The number of benzene rings is 2. The van der Waals surface area contributed by atoms with E-state index in [2.05, 4.69) is 31.8 Å². The number of hydrogen-bond donors (Lipinski definition) is 1. The number of nitrogens with one attached hydrogen (secondary N) is 1. The Labute approximate surface area is 216 Å². The molecule has 1 unspecified atom stereocenters. The highest BCUT2D eigenvalue weighted by molar-refractivity contribution is 6.30. The van der Waals surface area contributed by atoms with Crippen molar-refractivity contribution in [3.63, 3.8) is 0 Å². The Kier molecular flexibility index (Phi) is 5.69. The van der Waals surface area contributed by atoms with E-state index in [1.165, 1.54) is 5.56 Å². The van der Waals surface area contributed by atoms with Crippen LogP contribution in [0.2, 0.25) is 5.02 Å². The predicted octanol–water partition coefficient (Wildman–Crippen LogP) is 5.83. The second-order valence-electron chi connectivity index (χ2n) is 10.5. The van der Waals surface area contributed by atoms with Crippen LogP contribution in [-0.4, -0.2) is 29.9 Å². The van der Waals surface area contributed by atoms with Crippen LogP contribution in [0.4, 0.5) is 11.4 Å². The lowest BCUT2D eigenvalue weighted by Gasteiger charge is -2.39. The van der Waals surface area contributed by atoms with Gasteiger partial charge in [0.15, 0.2) is 0 Å². The molecule has 0 spiro atoms. The molecule has 0 saturated carbocycles. The summed E-state index contributed by atoms with van der Waals surface area (Å²) in [4.78, 5) is 30.8. The zero-order chi connectivity index (χ0) is 25.1. The third-order valence-corrected chi connectivity index (χ3v) is 7.99. The van der Waals surface area contributed by atoms with Gasteiger partial charge in [0.2, 0.25) is 0 Å². The average molecular weight is 504 g/mol. The molecule has 0 aliphatic carbocycles. The molecule has 1 N–H and O–H groups in total. The summed E-state index contributed by atoms with van der Waals surface area (Å²) in [5.74, 6) is 0.243. The standard InChI is InChI=1S/C29H30ClN3O3/c1-16(2)10-27-28(34)31-24-13-23-22(14-26(24)33(27)17(3)18-6-8-36-9-7-18)25-12-20-11-21(30)5-4-19(20)15-32(25)29(23)35/h4-5,10-11,13-14,16,18,25H,3,6-9,12,15H2,1-2H3,(H,31,34)/b27-10-. The van der Waals surface area contributed by atoms with Crippen LogP contribution in [0.3, 0.4) is 0 Å². The number of amides is 2. The minimum atomic E-state index is -0.172. The molecule has 0 radical (unpaired) electrons. The molecule has 6 nitrogen and oxygen atoms in total. The number of ether oxygens (including phenoxy) is 1. The van der Waals surface area contributed by atoms with Gasteiger partial charge >= 0.3 is 0 Å². The summed E-state index contributed by atoms with van der Waals surface area (Å²) in [7, 11) is 0. The first kappa shape index (κ1) is 23.3. The van der Waals surface area contributed by atoms with Crippen molar-refractivity contribution in [3.8, 4) is 0 Å². The van der Waals surface area contributed by atoms with Gasteiger partial charge in [0.1, 0.15) is 5.70 Å². The lowest BCUT2D eigenvalue weighted by molar-refractivity contribution is -0.113. The van der Waals surface area contributed by atoms with E-state index in [-0.39, 0.29) is 29.7 Å². The van der Waals surface area contributed by atoms with E-state index in [0.717, 1.165) is 41.8 Å². The summed E-state index contributed by atoms with van der Waals surface area (Å²) >= 11 is 6.29. The third-order valence-electron chi connectivity index (χ3n) is 7.75. The van der Waals surface area contributed by atoms with Gasteiger partial charge in [0.25, 0.3) is 11.8 Å². The lowest BCUT2D eigenvalue weighted by Crippen LogP contribution is -2.38. The molecule has 4 aliphatic heterocycles. The van der Waals surface area contributed by atoms with Gasteiger partial charge in [-0.1, -0.05) is 44.2 Å². The van der Waals surface area contributed by atoms with Gasteiger partial charge in [-0.2, -0.15) is 0 Å². The third kappa shape index (κ3) is 3.75. The molecule has 186 valence electrons. The Morgan fingerprint density at radius 2 is 1.94 bits per heavy atom. The highest BCUT2D eigenvalue weighted by Gasteiger charge is 2.42. The molecule has 2 aromatic rings. The van der Waals surface area contributed by atoms with Gasteiger partial charge in [-0.15, -0.1) is 0 Å². The van der Waals surface area contributed by atoms with Crippen LogP contribution in [0.25, 0.3) is 0 Å². The van der Waals surface area contributed by atoms with Crippen molar-refractivity contribution in [2.75, 3.05) is 23.4 Å². The molecular formula is C29H30ClN3O3. The Bertz CT molecular complexity index is 1330. The number of fused-ring (bicyclic) bond motifs is 5. The number of rotatable bonds is 3. The summed E-state index contributed by atoms with van der Waals surface area (Å²) in [6, 6.07) is 9.80. The maximum atomic E-state index is 13.5. The Morgan fingerprint density at radius 3 is 2.69 bits per heavy atom. The van der Waals surface area contributed by atoms with E-state index in [4.69, 9.17) is 16.3 Å². The van der Waals surface area contributed by atoms with Crippen LogP contribution >= 0.6 is 11.6 Å². The van der Waals surface area contributed by atoms with E-state index >= 15 is 0 Å². The largest absolute Gasteiger partial charge is 0.381 e. The molecule has 0 bridgehead atoms. The van der Waals surface area contributed by atoms with Crippen molar-refractivity contribution in [1.29, 1.82) is 0 Å². The lowest BCUT2D eigenvalue weighted by atomic mass is 9.90. The van der Waals surface area contributed by atoms with Crippen molar-refractivity contribution in [3.05, 3.63) is 81.7 Å². The molecule has 7 heteroatoms. The van der Waals surface area contributed by atoms with Crippen LogP contribution in [0.1, 0.15) is 59.8 Å². The predicted molar refractivity (Wildman–Crippen MR) is 141 cm³/mol. The van der Waals surface area contributed by atoms with Gasteiger partial charge < -0.3 is 19.9 Å². The molecule has 1 saturated heterocycles. The fraction of sp³-hybridized carbons (Fsp3) is 0.379. The number of nitrogens with zero attached hydrogens (tertiary/aromatic N) is 2. The molecule has 6 rings (SSSR count). The van der Waals surface area contributed by atoms with E-state index in [1.54, 1.807) is 0 Å². The fourth-order valence-electron chi connectivity index (χ4n) is 5.95. The summed E-state index contributed by atoms with van der Waals surface area (Å²) < 4.78 is 5.58. The Hall–Kier alpha value is -3.09. The van der Waals surface area contributed by atoms with Gasteiger partial charge in [-0.25, -0.2) is 0 Å². The molecule has 2 amide bonds. The number of carbonyl (C=O) groups excluding carboxylic acids is 2. The maximum Gasteiger partial charge on any atom is 0.272 e. The average Bonchev–Trinajstić information content (AvgIpc) is 3.12. The summed E-state index contributed by atoms with van der Waals surface area (Å²) in [5.41, 5.74) is 7.00. The summed E-state index contributed by atoms with van der Waals surface area (Å²) in [6.07, 6.45) is 4.46. The van der Waals surface area contributed by atoms with E-state index in [1.807, 2.05) is 40.1 Å². The second kappa shape index (κ2) is 8.79. The van der Waals surface area contributed by atoms with Crippen molar-refractivity contribution in [2.24, 2.45) is 11.8 Å².